The summed E-state index contributed by atoms with van der Waals surface area (Å²) >= 11 is 0. The van der Waals surface area contributed by atoms with E-state index in [0.717, 1.165) is 0 Å². The second kappa shape index (κ2) is 6.81. The van der Waals surface area contributed by atoms with Crippen LogP contribution < -0.4 is 5.32 Å². The van der Waals surface area contributed by atoms with Crippen LogP contribution in [0.15, 0.2) is 30.3 Å². The van der Waals surface area contributed by atoms with Crippen LogP contribution in [0.4, 0.5) is 4.79 Å². The van der Waals surface area contributed by atoms with Crippen LogP contribution >= 0.6 is 0 Å². The first-order valence-electron chi connectivity index (χ1n) is 7.25. The highest BCUT2D eigenvalue weighted by Gasteiger charge is 2.29. The Morgan fingerprint density at radius 1 is 0.909 bits per heavy atom. The Hall–Kier alpha value is -2.04. The third-order valence-electron chi connectivity index (χ3n) is 2.44. The van der Waals surface area contributed by atoms with Gasteiger partial charge < -0.3 is 14.8 Å². The summed E-state index contributed by atoms with van der Waals surface area (Å²) in [5, 5.41) is 2.58. The molecule has 0 spiro atoms. The van der Waals surface area contributed by atoms with Gasteiger partial charge in [-0.2, -0.15) is 0 Å². The number of rotatable bonds is 3. The van der Waals surface area contributed by atoms with Crippen molar-refractivity contribution in [3.8, 4) is 0 Å². The first-order chi connectivity index (χ1) is 9.98. The number of hydrogen-bond donors (Lipinski definition) is 1. The predicted molar refractivity (Wildman–Crippen MR) is 84.4 cm³/mol. The van der Waals surface area contributed by atoms with E-state index in [9.17, 15) is 9.59 Å². The highest BCUT2D eigenvalue weighted by atomic mass is 16.6. The molecule has 1 aromatic rings. The predicted octanol–water partition coefficient (Wildman–Crippen LogP) is 3.59. The van der Waals surface area contributed by atoms with Crippen molar-refractivity contribution in [2.45, 2.75) is 58.8 Å². The molecule has 1 amide bonds. The fraction of sp³-hybridized carbons (Fsp3) is 0.529. The lowest BCUT2D eigenvalue weighted by atomic mass is 10.1. The molecule has 5 heteroatoms. The zero-order valence-electron chi connectivity index (χ0n) is 14.1. The molecule has 1 atom stereocenters. The van der Waals surface area contributed by atoms with Gasteiger partial charge in [0.05, 0.1) is 0 Å². The van der Waals surface area contributed by atoms with E-state index in [1.54, 1.807) is 65.8 Å². The van der Waals surface area contributed by atoms with Crippen molar-refractivity contribution in [1.29, 1.82) is 0 Å². The van der Waals surface area contributed by atoms with Crippen LogP contribution in [0.1, 0.15) is 53.1 Å². The van der Waals surface area contributed by atoms with Gasteiger partial charge in [-0.05, 0) is 47.1 Å². The maximum Gasteiger partial charge on any atom is 0.408 e. The van der Waals surface area contributed by atoms with Crippen LogP contribution in [-0.4, -0.2) is 23.3 Å². The number of nitrogens with one attached hydrogen (secondary N) is 1. The molecule has 0 aliphatic carbocycles. The number of ether oxygens (including phenoxy) is 2. The fourth-order valence-corrected chi connectivity index (χ4v) is 1.71. The Morgan fingerprint density at radius 3 is 1.86 bits per heavy atom. The van der Waals surface area contributed by atoms with Crippen molar-refractivity contribution >= 4 is 12.1 Å². The molecule has 1 N–H and O–H groups in total. The summed E-state index contributed by atoms with van der Waals surface area (Å²) in [6.07, 6.45) is -0.660. The lowest BCUT2D eigenvalue weighted by molar-refractivity contribution is -0.157. The summed E-state index contributed by atoms with van der Waals surface area (Å²) in [5.74, 6) is -0.524. The number of hydrogen-bond acceptors (Lipinski definition) is 4. The normalized spacial score (nSPS) is 13.2. The van der Waals surface area contributed by atoms with E-state index in [2.05, 4.69) is 5.32 Å². The average molecular weight is 307 g/mol. The molecular weight excluding hydrogens is 282 g/mol. The number of esters is 1. The van der Waals surface area contributed by atoms with Gasteiger partial charge in [0.25, 0.3) is 0 Å². The maximum atomic E-state index is 12.4. The van der Waals surface area contributed by atoms with Crippen LogP contribution in [0.5, 0.6) is 0 Å². The first-order valence-corrected chi connectivity index (χ1v) is 7.25. The monoisotopic (exact) mass is 307 g/mol. The SMILES string of the molecule is CC(C)(C)OC(=O)N[C@@H](C(=O)OC(C)(C)C)c1ccccc1. The van der Waals surface area contributed by atoms with Gasteiger partial charge in [0, 0.05) is 0 Å². The summed E-state index contributed by atoms with van der Waals surface area (Å²) in [7, 11) is 0. The van der Waals surface area contributed by atoms with E-state index in [4.69, 9.17) is 9.47 Å². The van der Waals surface area contributed by atoms with Crippen molar-refractivity contribution in [3.05, 3.63) is 35.9 Å². The molecule has 0 radical (unpaired) electrons. The molecule has 0 aliphatic heterocycles. The summed E-state index contributed by atoms with van der Waals surface area (Å²) in [6, 6.07) is 8.03. The minimum absolute atomic E-state index is 0.524. The van der Waals surface area contributed by atoms with Crippen LogP contribution in [0.2, 0.25) is 0 Å². The number of carbonyl (C=O) groups is 2. The third-order valence-corrected chi connectivity index (χ3v) is 2.44. The molecular formula is C17H25NO4. The fourth-order valence-electron chi connectivity index (χ4n) is 1.71. The quantitative estimate of drug-likeness (QED) is 0.867. The van der Waals surface area contributed by atoms with Crippen molar-refractivity contribution in [2.24, 2.45) is 0 Å². The second-order valence-electron chi connectivity index (χ2n) is 7.02. The Bertz CT molecular complexity index is 512. The van der Waals surface area contributed by atoms with E-state index in [1.165, 1.54) is 0 Å². The highest BCUT2D eigenvalue weighted by Crippen LogP contribution is 2.19. The largest absolute Gasteiger partial charge is 0.458 e. The van der Waals surface area contributed by atoms with Crippen molar-refractivity contribution in [1.82, 2.24) is 5.32 Å². The first kappa shape index (κ1) is 18.0. The molecule has 1 aromatic carbocycles. The highest BCUT2D eigenvalue weighted by molar-refractivity contribution is 5.83. The lowest BCUT2D eigenvalue weighted by Gasteiger charge is -2.26. The van der Waals surface area contributed by atoms with Crippen molar-refractivity contribution in [3.63, 3.8) is 0 Å². The Balaban J connectivity index is 2.93. The van der Waals surface area contributed by atoms with Gasteiger partial charge in [-0.25, -0.2) is 9.59 Å². The summed E-state index contributed by atoms with van der Waals surface area (Å²) < 4.78 is 10.6. The minimum Gasteiger partial charge on any atom is -0.458 e. The van der Waals surface area contributed by atoms with Crippen LogP contribution in [0.3, 0.4) is 0 Å². The molecule has 0 bridgehead atoms. The van der Waals surface area contributed by atoms with Crippen LogP contribution in [-0.2, 0) is 14.3 Å². The smallest absolute Gasteiger partial charge is 0.408 e. The van der Waals surface area contributed by atoms with Crippen LogP contribution in [0, 0.1) is 0 Å². The molecule has 0 aliphatic rings. The van der Waals surface area contributed by atoms with Gasteiger partial charge in [0.15, 0.2) is 6.04 Å². The van der Waals surface area contributed by atoms with Crippen molar-refractivity contribution in [2.75, 3.05) is 0 Å². The van der Waals surface area contributed by atoms with Gasteiger partial charge in [0.2, 0.25) is 0 Å². The molecule has 122 valence electrons. The van der Waals surface area contributed by atoms with Gasteiger partial charge in [-0.3, -0.25) is 0 Å². The minimum atomic E-state index is -0.907. The summed E-state index contributed by atoms with van der Waals surface area (Å²) in [6.45, 7) is 10.6. The third kappa shape index (κ3) is 6.61. The molecule has 0 saturated heterocycles. The second-order valence-corrected chi connectivity index (χ2v) is 7.02. The molecule has 0 aromatic heterocycles. The molecule has 0 unspecified atom stereocenters. The van der Waals surface area contributed by atoms with E-state index < -0.39 is 29.3 Å². The molecule has 0 saturated carbocycles. The van der Waals surface area contributed by atoms with E-state index in [1.807, 2.05) is 6.07 Å². The average Bonchev–Trinajstić information content (AvgIpc) is 2.32. The number of alkyl carbamates (subject to hydrolysis) is 1. The molecule has 22 heavy (non-hydrogen) atoms. The summed E-state index contributed by atoms with van der Waals surface area (Å²) in [4.78, 5) is 24.3. The van der Waals surface area contributed by atoms with Crippen LogP contribution in [0.25, 0.3) is 0 Å². The van der Waals surface area contributed by atoms with Gasteiger partial charge in [-0.1, -0.05) is 30.3 Å². The van der Waals surface area contributed by atoms with Gasteiger partial charge in [-0.15, -0.1) is 0 Å². The number of amides is 1. The Morgan fingerprint density at radius 2 is 1.41 bits per heavy atom. The zero-order chi connectivity index (χ0) is 17.0. The van der Waals surface area contributed by atoms with E-state index >= 15 is 0 Å². The Kier molecular flexibility index (Phi) is 5.58. The van der Waals surface area contributed by atoms with Crippen molar-refractivity contribution < 1.29 is 19.1 Å². The van der Waals surface area contributed by atoms with Gasteiger partial charge in [0.1, 0.15) is 11.2 Å². The molecule has 1 rings (SSSR count). The number of carbonyl (C=O) groups excluding carboxylic acids is 2. The maximum absolute atomic E-state index is 12.4. The zero-order valence-corrected chi connectivity index (χ0v) is 14.1. The van der Waals surface area contributed by atoms with Gasteiger partial charge >= 0.3 is 12.1 Å². The Labute approximate surface area is 132 Å². The van der Waals surface area contributed by atoms with E-state index in [-0.39, 0.29) is 0 Å². The summed E-state index contributed by atoms with van der Waals surface area (Å²) in [5.41, 5.74) is -0.637. The number of benzene rings is 1. The topological polar surface area (TPSA) is 64.6 Å². The molecule has 0 fully saturated rings. The molecule has 0 heterocycles. The van der Waals surface area contributed by atoms with E-state index in [0.29, 0.717) is 5.56 Å². The molecule has 5 nitrogen and oxygen atoms in total. The standard InChI is InChI=1S/C17H25NO4/c1-16(2,3)21-14(19)13(12-10-8-7-9-11-12)18-15(20)22-17(4,5)6/h7-11,13H,1-6H3,(H,18,20)/t13-/m1/s1. The lowest BCUT2D eigenvalue weighted by Crippen LogP contribution is -2.40.